The number of hydrogen-bond donors (Lipinski definition) is 2. The summed E-state index contributed by atoms with van der Waals surface area (Å²) in [7, 11) is 0. The zero-order chi connectivity index (χ0) is 21.5. The van der Waals surface area contributed by atoms with E-state index in [1.165, 1.54) is 5.56 Å². The number of fused-ring (bicyclic) bond motifs is 4. The maximum Gasteiger partial charge on any atom is 0.237 e. The third kappa shape index (κ3) is 5.63. The van der Waals surface area contributed by atoms with E-state index in [9.17, 15) is 4.79 Å². The molecule has 0 saturated carbocycles. The van der Waals surface area contributed by atoms with E-state index in [2.05, 4.69) is 33.7 Å². The van der Waals surface area contributed by atoms with Crippen molar-refractivity contribution in [3.63, 3.8) is 0 Å². The Hall–Kier alpha value is -2.88. The molecule has 162 valence electrons. The van der Waals surface area contributed by atoms with Crippen molar-refractivity contribution in [1.82, 2.24) is 15.5 Å². The Balaban J connectivity index is 1.47. The summed E-state index contributed by atoms with van der Waals surface area (Å²) in [5.74, 6) is 1.37. The lowest BCUT2D eigenvalue weighted by atomic mass is 9.85. The maximum atomic E-state index is 12.8. The molecule has 2 aromatic rings. The molecule has 0 aromatic heterocycles. The Morgan fingerprint density at radius 3 is 2.77 bits per heavy atom. The second-order valence-electron chi connectivity index (χ2n) is 8.34. The molecule has 2 aliphatic rings. The van der Waals surface area contributed by atoms with Crippen molar-refractivity contribution in [3.05, 3.63) is 65.2 Å². The summed E-state index contributed by atoms with van der Waals surface area (Å²) >= 11 is 0. The van der Waals surface area contributed by atoms with Gasteiger partial charge in [0.1, 0.15) is 5.75 Å². The molecule has 0 unspecified atom stereocenters. The standard InChI is InChI=1S/C25H30N4O2/c26-17-19-6-8-20(9-7-19)18-29-13-3-15-31-24-5-2-1-4-22(24)21-10-11-27-23(16-21)25(30)28-12-14-29/h1-2,4-9,21,23,27H,3,10-16,18H2,(H,28,30)/t21-,23+/m0/s1. The number of nitriles is 1. The second kappa shape index (κ2) is 10.4. The Labute approximate surface area is 184 Å². The quantitative estimate of drug-likeness (QED) is 0.784. The number of benzene rings is 2. The third-order valence-electron chi connectivity index (χ3n) is 6.17. The van der Waals surface area contributed by atoms with Gasteiger partial charge in [0.2, 0.25) is 5.91 Å². The van der Waals surface area contributed by atoms with Gasteiger partial charge in [-0.05, 0) is 61.1 Å². The number of carbonyl (C=O) groups excluding carboxylic acids is 1. The Kier molecular flexibility index (Phi) is 7.18. The largest absolute Gasteiger partial charge is 0.493 e. The van der Waals surface area contributed by atoms with Crippen molar-refractivity contribution in [2.75, 3.05) is 32.8 Å². The molecule has 0 spiro atoms. The summed E-state index contributed by atoms with van der Waals surface area (Å²) < 4.78 is 6.20. The minimum Gasteiger partial charge on any atom is -0.493 e. The van der Waals surface area contributed by atoms with Crippen LogP contribution in [-0.4, -0.2) is 49.6 Å². The predicted octanol–water partition coefficient (Wildman–Crippen LogP) is 2.79. The van der Waals surface area contributed by atoms with Crippen molar-refractivity contribution in [1.29, 1.82) is 5.26 Å². The fourth-order valence-electron chi connectivity index (χ4n) is 4.49. The highest BCUT2D eigenvalue weighted by Crippen LogP contribution is 2.34. The lowest BCUT2D eigenvalue weighted by Crippen LogP contribution is -2.49. The van der Waals surface area contributed by atoms with Gasteiger partial charge in [0.25, 0.3) is 0 Å². The molecule has 2 N–H and O–H groups in total. The number of hydrogen-bond acceptors (Lipinski definition) is 5. The van der Waals surface area contributed by atoms with Crippen molar-refractivity contribution in [3.8, 4) is 11.8 Å². The first-order valence-corrected chi connectivity index (χ1v) is 11.2. The van der Waals surface area contributed by atoms with Gasteiger partial charge >= 0.3 is 0 Å². The minimum atomic E-state index is -0.165. The lowest BCUT2D eigenvalue weighted by molar-refractivity contribution is -0.123. The van der Waals surface area contributed by atoms with Gasteiger partial charge in [-0.15, -0.1) is 0 Å². The molecule has 0 radical (unpaired) electrons. The topological polar surface area (TPSA) is 77.4 Å². The van der Waals surface area contributed by atoms with Crippen molar-refractivity contribution < 1.29 is 9.53 Å². The van der Waals surface area contributed by atoms with Crippen molar-refractivity contribution in [2.45, 2.75) is 37.8 Å². The van der Waals surface area contributed by atoms with E-state index in [-0.39, 0.29) is 11.9 Å². The molecule has 1 fully saturated rings. The second-order valence-corrected chi connectivity index (χ2v) is 8.34. The summed E-state index contributed by atoms with van der Waals surface area (Å²) in [5, 5.41) is 15.5. The number of nitrogens with zero attached hydrogens (tertiary/aromatic N) is 2. The fraction of sp³-hybridized carbons (Fsp3) is 0.440. The fourth-order valence-corrected chi connectivity index (χ4v) is 4.49. The number of carbonyl (C=O) groups is 1. The van der Waals surface area contributed by atoms with Gasteiger partial charge < -0.3 is 15.4 Å². The summed E-state index contributed by atoms with van der Waals surface area (Å²) in [6.07, 6.45) is 2.72. The summed E-state index contributed by atoms with van der Waals surface area (Å²) in [5.41, 5.74) is 3.05. The van der Waals surface area contributed by atoms with Crippen molar-refractivity contribution in [2.24, 2.45) is 0 Å². The lowest BCUT2D eigenvalue weighted by Gasteiger charge is -2.31. The molecular formula is C25H30N4O2. The van der Waals surface area contributed by atoms with Gasteiger partial charge in [-0.1, -0.05) is 30.3 Å². The number of piperidine rings is 1. The van der Waals surface area contributed by atoms with E-state index in [1.807, 2.05) is 36.4 Å². The monoisotopic (exact) mass is 418 g/mol. The highest BCUT2D eigenvalue weighted by molar-refractivity contribution is 5.82. The van der Waals surface area contributed by atoms with Crippen LogP contribution in [0.1, 0.15) is 41.9 Å². The van der Waals surface area contributed by atoms with Crippen LogP contribution in [0.4, 0.5) is 0 Å². The molecule has 0 aliphatic carbocycles. The predicted molar refractivity (Wildman–Crippen MR) is 120 cm³/mol. The van der Waals surface area contributed by atoms with Crippen molar-refractivity contribution >= 4 is 5.91 Å². The Morgan fingerprint density at radius 1 is 1.10 bits per heavy atom. The molecule has 1 amide bonds. The van der Waals surface area contributed by atoms with Crippen LogP contribution in [-0.2, 0) is 11.3 Å². The van der Waals surface area contributed by atoms with E-state index >= 15 is 0 Å². The molecular weight excluding hydrogens is 388 g/mol. The van der Waals surface area contributed by atoms with Crippen LogP contribution in [0.5, 0.6) is 5.75 Å². The van der Waals surface area contributed by atoms with Crippen LogP contribution < -0.4 is 15.4 Å². The van der Waals surface area contributed by atoms with Gasteiger partial charge in [0.05, 0.1) is 24.3 Å². The Morgan fingerprint density at radius 2 is 1.94 bits per heavy atom. The van der Waals surface area contributed by atoms with Crippen LogP contribution in [0.3, 0.4) is 0 Å². The first-order chi connectivity index (χ1) is 15.2. The average Bonchev–Trinajstić information content (AvgIpc) is 2.82. The number of para-hydroxylation sites is 1. The third-order valence-corrected chi connectivity index (χ3v) is 6.17. The average molecular weight is 419 g/mol. The number of amides is 1. The van der Waals surface area contributed by atoms with Crippen LogP contribution >= 0.6 is 0 Å². The zero-order valence-electron chi connectivity index (χ0n) is 17.8. The van der Waals surface area contributed by atoms with Crippen LogP contribution in [0.25, 0.3) is 0 Å². The van der Waals surface area contributed by atoms with E-state index in [1.54, 1.807) is 0 Å². The molecule has 6 nitrogen and oxygen atoms in total. The molecule has 2 aliphatic heterocycles. The van der Waals surface area contributed by atoms with Crippen LogP contribution in [0.15, 0.2) is 48.5 Å². The normalized spacial score (nSPS) is 22.9. The molecule has 6 heteroatoms. The van der Waals surface area contributed by atoms with Gasteiger partial charge in [0.15, 0.2) is 0 Å². The highest BCUT2D eigenvalue weighted by Gasteiger charge is 2.29. The minimum absolute atomic E-state index is 0.0819. The number of ether oxygens (including phenoxy) is 1. The van der Waals surface area contributed by atoms with E-state index in [4.69, 9.17) is 10.00 Å². The van der Waals surface area contributed by atoms with E-state index < -0.39 is 0 Å². The molecule has 2 atom stereocenters. The molecule has 2 bridgehead atoms. The molecule has 2 aromatic carbocycles. The maximum absolute atomic E-state index is 12.8. The molecule has 2 heterocycles. The van der Waals surface area contributed by atoms with Gasteiger partial charge in [-0.25, -0.2) is 0 Å². The van der Waals surface area contributed by atoms with E-state index in [0.29, 0.717) is 24.6 Å². The van der Waals surface area contributed by atoms with Gasteiger partial charge in [-0.2, -0.15) is 5.26 Å². The first kappa shape index (κ1) is 21.4. The number of rotatable bonds is 2. The smallest absolute Gasteiger partial charge is 0.237 e. The summed E-state index contributed by atoms with van der Waals surface area (Å²) in [6, 6.07) is 18.0. The summed E-state index contributed by atoms with van der Waals surface area (Å²) in [6.45, 7) is 4.56. The number of nitrogens with one attached hydrogen (secondary N) is 2. The van der Waals surface area contributed by atoms with Gasteiger partial charge in [-0.3, -0.25) is 9.69 Å². The van der Waals surface area contributed by atoms with Gasteiger partial charge in [0, 0.05) is 26.2 Å². The zero-order valence-corrected chi connectivity index (χ0v) is 17.8. The molecule has 1 saturated heterocycles. The van der Waals surface area contributed by atoms with Crippen LogP contribution in [0.2, 0.25) is 0 Å². The Bertz CT molecular complexity index is 922. The first-order valence-electron chi connectivity index (χ1n) is 11.2. The molecule has 4 rings (SSSR count). The van der Waals surface area contributed by atoms with Crippen LogP contribution in [0, 0.1) is 11.3 Å². The SMILES string of the molecule is N#Cc1ccc(CN2CCCOc3ccccc3[C@H]3CCN[C@H](C3)C(=O)NCC2)cc1. The highest BCUT2D eigenvalue weighted by atomic mass is 16.5. The van der Waals surface area contributed by atoms with E-state index in [0.717, 1.165) is 56.8 Å². The summed E-state index contributed by atoms with van der Waals surface area (Å²) in [4.78, 5) is 15.1. The molecule has 31 heavy (non-hydrogen) atoms.